The van der Waals surface area contributed by atoms with Crippen LogP contribution < -0.4 is 16.0 Å². The van der Waals surface area contributed by atoms with Crippen molar-refractivity contribution in [1.82, 2.24) is 5.32 Å². The number of anilines is 2. The summed E-state index contributed by atoms with van der Waals surface area (Å²) in [4.78, 5) is 23.9. The summed E-state index contributed by atoms with van der Waals surface area (Å²) in [6.07, 6.45) is 1.69. The average molecular weight is 277 g/mol. The summed E-state index contributed by atoms with van der Waals surface area (Å²) in [5, 5.41) is 8.48. The quantitative estimate of drug-likeness (QED) is 0.563. The van der Waals surface area contributed by atoms with Crippen LogP contribution in [-0.4, -0.2) is 30.7 Å². The van der Waals surface area contributed by atoms with E-state index < -0.39 is 0 Å². The molecule has 1 aromatic rings. The Kier molecular flexibility index (Phi) is 4.59. The second kappa shape index (κ2) is 6.40. The highest BCUT2D eigenvalue weighted by Crippen LogP contribution is 2.33. The molecular weight excluding hydrogens is 262 g/mol. The van der Waals surface area contributed by atoms with Gasteiger partial charge in [-0.1, -0.05) is 6.08 Å². The fourth-order valence-corrected chi connectivity index (χ4v) is 2.44. The maximum Gasteiger partial charge on any atom is 0.238 e. The lowest BCUT2D eigenvalue weighted by Gasteiger charge is -2.17. The summed E-state index contributed by atoms with van der Waals surface area (Å²) < 4.78 is 0. The van der Waals surface area contributed by atoms with Gasteiger partial charge in [0.05, 0.1) is 18.0 Å². The minimum atomic E-state index is -0.128. The summed E-state index contributed by atoms with van der Waals surface area (Å²) in [7, 11) is 0. The van der Waals surface area contributed by atoms with Gasteiger partial charge in [0.2, 0.25) is 11.8 Å². The third kappa shape index (κ3) is 3.84. The summed E-state index contributed by atoms with van der Waals surface area (Å²) in [5.41, 5.74) is 1.42. The number of fused-ring (bicyclic) bond motifs is 1. The van der Waals surface area contributed by atoms with Crippen LogP contribution in [0.25, 0.3) is 0 Å². The summed E-state index contributed by atoms with van der Waals surface area (Å²) in [6.45, 7) is 4.37. The minimum Gasteiger partial charge on any atom is -0.325 e. The van der Waals surface area contributed by atoms with Gasteiger partial charge < -0.3 is 16.0 Å². The molecule has 0 saturated heterocycles. The van der Waals surface area contributed by atoms with Gasteiger partial charge in [-0.2, -0.15) is 0 Å². The van der Waals surface area contributed by atoms with Gasteiger partial charge >= 0.3 is 0 Å². The van der Waals surface area contributed by atoms with E-state index in [1.807, 2.05) is 12.1 Å². The molecule has 2 amide bonds. The number of hydrogen-bond donors (Lipinski definition) is 3. The molecule has 5 nitrogen and oxygen atoms in total. The first-order valence-corrected chi connectivity index (χ1v) is 6.86. The largest absolute Gasteiger partial charge is 0.325 e. The third-order valence-electron chi connectivity index (χ3n) is 2.47. The average Bonchev–Trinajstić information content (AvgIpc) is 2.38. The van der Waals surface area contributed by atoms with E-state index in [1.165, 1.54) is 11.8 Å². The molecule has 0 atom stereocenters. The summed E-state index contributed by atoms with van der Waals surface area (Å²) >= 11 is 1.49. The van der Waals surface area contributed by atoms with Gasteiger partial charge in [-0.3, -0.25) is 9.59 Å². The molecule has 0 unspecified atom stereocenters. The lowest BCUT2D eigenvalue weighted by molar-refractivity contribution is -0.115. The Hall–Kier alpha value is -1.79. The van der Waals surface area contributed by atoms with Gasteiger partial charge in [0.1, 0.15) is 0 Å². The number of hydrogen-bond acceptors (Lipinski definition) is 4. The first kappa shape index (κ1) is 13.6. The van der Waals surface area contributed by atoms with Crippen molar-refractivity contribution in [2.24, 2.45) is 0 Å². The molecular formula is C13H15N3O2S. The molecule has 0 radical (unpaired) electrons. The van der Waals surface area contributed by atoms with E-state index >= 15 is 0 Å². The third-order valence-corrected chi connectivity index (χ3v) is 3.54. The fourth-order valence-electron chi connectivity index (χ4n) is 1.65. The monoisotopic (exact) mass is 277 g/mol. The van der Waals surface area contributed by atoms with Gasteiger partial charge in [-0.05, 0) is 18.2 Å². The second-order valence-electron chi connectivity index (χ2n) is 4.02. The number of benzene rings is 1. The maximum absolute atomic E-state index is 11.6. The van der Waals surface area contributed by atoms with Crippen LogP contribution in [0.15, 0.2) is 35.7 Å². The fraction of sp³-hybridized carbons (Fsp3) is 0.231. The molecule has 0 aromatic heterocycles. The molecule has 0 aliphatic carbocycles. The van der Waals surface area contributed by atoms with Crippen LogP contribution in [0.2, 0.25) is 0 Å². The Labute approximate surface area is 115 Å². The van der Waals surface area contributed by atoms with Crippen LogP contribution in [0.1, 0.15) is 0 Å². The predicted octanol–water partition coefficient (Wildman–Crippen LogP) is 1.44. The Balaban J connectivity index is 1.97. The zero-order valence-corrected chi connectivity index (χ0v) is 11.2. The van der Waals surface area contributed by atoms with Crippen molar-refractivity contribution >= 4 is 35.0 Å². The maximum atomic E-state index is 11.6. The first-order chi connectivity index (χ1) is 9.19. The Morgan fingerprint density at radius 1 is 1.53 bits per heavy atom. The SMILES string of the molecule is C=CCNCC(=O)Nc1ccc2c(c1)NC(=O)CS2. The highest BCUT2D eigenvalue weighted by Gasteiger charge is 2.15. The molecule has 0 saturated carbocycles. The van der Waals surface area contributed by atoms with Crippen molar-refractivity contribution in [2.45, 2.75) is 4.90 Å². The first-order valence-electron chi connectivity index (χ1n) is 5.87. The molecule has 3 N–H and O–H groups in total. The molecule has 1 aliphatic heterocycles. The highest BCUT2D eigenvalue weighted by atomic mass is 32.2. The zero-order chi connectivity index (χ0) is 13.7. The molecule has 0 spiro atoms. The molecule has 1 aliphatic rings. The lowest BCUT2D eigenvalue weighted by Crippen LogP contribution is -2.28. The molecule has 19 heavy (non-hydrogen) atoms. The normalized spacial score (nSPS) is 13.4. The van der Waals surface area contributed by atoms with E-state index in [4.69, 9.17) is 0 Å². The highest BCUT2D eigenvalue weighted by molar-refractivity contribution is 8.00. The molecule has 6 heteroatoms. The van der Waals surface area contributed by atoms with E-state index in [0.717, 1.165) is 10.6 Å². The molecule has 100 valence electrons. The predicted molar refractivity (Wildman–Crippen MR) is 77.5 cm³/mol. The van der Waals surface area contributed by atoms with Crippen LogP contribution in [-0.2, 0) is 9.59 Å². The van der Waals surface area contributed by atoms with Crippen molar-refractivity contribution in [1.29, 1.82) is 0 Å². The molecule has 1 aromatic carbocycles. The number of amides is 2. The topological polar surface area (TPSA) is 70.2 Å². The van der Waals surface area contributed by atoms with Crippen LogP contribution in [0.3, 0.4) is 0 Å². The Bertz CT molecular complexity index is 517. The Morgan fingerprint density at radius 3 is 3.16 bits per heavy atom. The zero-order valence-electron chi connectivity index (χ0n) is 10.4. The van der Waals surface area contributed by atoms with E-state index in [-0.39, 0.29) is 18.4 Å². The van der Waals surface area contributed by atoms with E-state index in [9.17, 15) is 9.59 Å². The van der Waals surface area contributed by atoms with Crippen LogP contribution in [0.5, 0.6) is 0 Å². The van der Waals surface area contributed by atoms with Gasteiger partial charge in [0.15, 0.2) is 0 Å². The van der Waals surface area contributed by atoms with Gasteiger partial charge in [-0.25, -0.2) is 0 Å². The number of rotatable bonds is 5. The molecule has 1 heterocycles. The summed E-state index contributed by atoms with van der Waals surface area (Å²) in [6, 6.07) is 5.49. The van der Waals surface area contributed by atoms with Gasteiger partial charge in [-0.15, -0.1) is 18.3 Å². The number of carbonyl (C=O) groups is 2. The molecule has 0 fully saturated rings. The van der Waals surface area contributed by atoms with E-state index in [1.54, 1.807) is 12.1 Å². The lowest BCUT2D eigenvalue weighted by atomic mass is 10.2. The van der Waals surface area contributed by atoms with Crippen molar-refractivity contribution in [3.05, 3.63) is 30.9 Å². The van der Waals surface area contributed by atoms with Crippen molar-refractivity contribution in [3.63, 3.8) is 0 Å². The standard InChI is InChI=1S/C13H15N3O2S/c1-2-5-14-7-12(17)15-9-3-4-11-10(6-9)16-13(18)8-19-11/h2-4,6,14H,1,5,7-8H2,(H,15,17)(H,16,18). The second-order valence-corrected chi connectivity index (χ2v) is 5.03. The minimum absolute atomic E-state index is 0.0198. The van der Waals surface area contributed by atoms with Gasteiger partial charge in [0.25, 0.3) is 0 Å². The van der Waals surface area contributed by atoms with Gasteiger partial charge in [0, 0.05) is 17.1 Å². The number of thioether (sulfide) groups is 1. The number of nitrogens with one attached hydrogen (secondary N) is 3. The van der Waals surface area contributed by atoms with E-state index in [2.05, 4.69) is 22.5 Å². The van der Waals surface area contributed by atoms with Crippen LogP contribution in [0, 0.1) is 0 Å². The molecule has 0 bridgehead atoms. The van der Waals surface area contributed by atoms with Crippen molar-refractivity contribution in [2.75, 3.05) is 29.5 Å². The molecule has 2 rings (SSSR count). The number of carbonyl (C=O) groups excluding carboxylic acids is 2. The Morgan fingerprint density at radius 2 is 2.37 bits per heavy atom. The smallest absolute Gasteiger partial charge is 0.238 e. The summed E-state index contributed by atoms with van der Waals surface area (Å²) in [5.74, 6) is 0.287. The van der Waals surface area contributed by atoms with Crippen molar-refractivity contribution < 1.29 is 9.59 Å². The van der Waals surface area contributed by atoms with E-state index in [0.29, 0.717) is 18.0 Å². The van der Waals surface area contributed by atoms with Crippen LogP contribution in [0.4, 0.5) is 11.4 Å². The van der Waals surface area contributed by atoms with Crippen LogP contribution >= 0.6 is 11.8 Å². The van der Waals surface area contributed by atoms with Crippen molar-refractivity contribution in [3.8, 4) is 0 Å².